The van der Waals surface area contributed by atoms with Gasteiger partial charge in [-0.05, 0) is 38.8 Å². The van der Waals surface area contributed by atoms with Gasteiger partial charge in [-0.25, -0.2) is 9.59 Å². The Morgan fingerprint density at radius 1 is 1.33 bits per heavy atom. The lowest BCUT2D eigenvalue weighted by molar-refractivity contribution is -0.155. The number of nitrogens with zero attached hydrogens (tertiary/aromatic N) is 3. The zero-order valence-corrected chi connectivity index (χ0v) is 15.1. The summed E-state index contributed by atoms with van der Waals surface area (Å²) >= 11 is 0. The number of rotatable bonds is 3. The number of fused-ring (bicyclic) bond motifs is 3. The highest BCUT2D eigenvalue weighted by Gasteiger charge is 2.45. The molecule has 8 nitrogen and oxygen atoms in total. The number of aryl methyl sites for hydroxylation is 1. The van der Waals surface area contributed by atoms with Crippen molar-refractivity contribution in [1.29, 1.82) is 0 Å². The number of aromatic nitrogens is 2. The van der Waals surface area contributed by atoms with Gasteiger partial charge in [0.25, 0.3) is 0 Å². The van der Waals surface area contributed by atoms with Crippen molar-refractivity contribution < 1.29 is 19.1 Å². The SMILES string of the molecule is Cc1ccc2oc(=O)c3cnn(CC(=O)N4CCC[C@@]4(C)C(=O)O)c3c2c1. The van der Waals surface area contributed by atoms with Crippen molar-refractivity contribution in [3.63, 3.8) is 0 Å². The van der Waals surface area contributed by atoms with E-state index in [1.807, 2.05) is 19.1 Å². The summed E-state index contributed by atoms with van der Waals surface area (Å²) in [6, 6.07) is 5.43. The van der Waals surface area contributed by atoms with Gasteiger partial charge in [-0.2, -0.15) is 5.10 Å². The molecule has 0 saturated carbocycles. The smallest absolute Gasteiger partial charge is 0.347 e. The van der Waals surface area contributed by atoms with Crippen molar-refractivity contribution in [2.24, 2.45) is 0 Å². The topological polar surface area (TPSA) is 106 Å². The number of benzene rings is 1. The molecule has 1 aromatic carbocycles. The Labute approximate surface area is 154 Å². The highest BCUT2D eigenvalue weighted by molar-refractivity contribution is 6.02. The molecule has 8 heteroatoms. The molecule has 1 saturated heterocycles. The lowest BCUT2D eigenvalue weighted by Crippen LogP contribution is -2.51. The largest absolute Gasteiger partial charge is 0.480 e. The average Bonchev–Trinajstić information content (AvgIpc) is 3.21. The quantitative estimate of drug-likeness (QED) is 0.707. The highest BCUT2D eigenvalue weighted by Crippen LogP contribution is 2.30. The minimum Gasteiger partial charge on any atom is -0.480 e. The molecule has 2 aromatic heterocycles. The second kappa shape index (κ2) is 5.94. The van der Waals surface area contributed by atoms with Crippen molar-refractivity contribution >= 4 is 33.7 Å². The van der Waals surface area contributed by atoms with E-state index in [1.165, 1.54) is 15.8 Å². The molecule has 1 N–H and O–H groups in total. The Kier molecular flexibility index (Phi) is 3.80. The number of aliphatic carboxylic acids is 1. The van der Waals surface area contributed by atoms with Gasteiger partial charge < -0.3 is 14.4 Å². The summed E-state index contributed by atoms with van der Waals surface area (Å²) in [5.74, 6) is -1.35. The number of hydrogen-bond acceptors (Lipinski definition) is 5. The minimum atomic E-state index is -1.21. The predicted molar refractivity (Wildman–Crippen MR) is 97.5 cm³/mol. The first kappa shape index (κ1) is 17.3. The molecule has 1 aliphatic rings. The maximum atomic E-state index is 12.9. The molecule has 140 valence electrons. The van der Waals surface area contributed by atoms with Gasteiger partial charge in [-0.3, -0.25) is 9.48 Å². The van der Waals surface area contributed by atoms with Gasteiger partial charge >= 0.3 is 11.6 Å². The molecule has 27 heavy (non-hydrogen) atoms. The molecule has 0 aliphatic carbocycles. The molecule has 1 amide bonds. The van der Waals surface area contributed by atoms with Gasteiger partial charge in [0.1, 0.15) is 23.1 Å². The molecular weight excluding hydrogens is 350 g/mol. The Bertz CT molecular complexity index is 1150. The maximum absolute atomic E-state index is 12.9. The summed E-state index contributed by atoms with van der Waals surface area (Å²) in [6.07, 6.45) is 2.44. The first-order valence-corrected chi connectivity index (χ1v) is 8.74. The third-order valence-corrected chi connectivity index (χ3v) is 5.34. The monoisotopic (exact) mass is 369 g/mol. The molecule has 0 spiro atoms. The van der Waals surface area contributed by atoms with E-state index in [9.17, 15) is 19.5 Å². The Morgan fingerprint density at radius 2 is 2.11 bits per heavy atom. The van der Waals surface area contributed by atoms with E-state index in [4.69, 9.17) is 4.42 Å². The lowest BCUT2D eigenvalue weighted by Gasteiger charge is -2.31. The molecule has 3 aromatic rings. The first-order chi connectivity index (χ1) is 12.8. The fourth-order valence-corrected chi connectivity index (χ4v) is 3.81. The summed E-state index contributed by atoms with van der Waals surface area (Å²) < 4.78 is 6.79. The normalized spacial score (nSPS) is 19.9. The molecule has 0 bridgehead atoms. The number of carbonyl (C=O) groups is 2. The highest BCUT2D eigenvalue weighted by atomic mass is 16.4. The minimum absolute atomic E-state index is 0.140. The lowest BCUT2D eigenvalue weighted by atomic mass is 9.99. The zero-order valence-electron chi connectivity index (χ0n) is 15.1. The molecule has 0 radical (unpaired) electrons. The fraction of sp³-hybridized carbons (Fsp3) is 0.368. The van der Waals surface area contributed by atoms with Crippen LogP contribution in [0.5, 0.6) is 0 Å². The van der Waals surface area contributed by atoms with Gasteiger partial charge in [0.2, 0.25) is 5.91 Å². The third-order valence-electron chi connectivity index (χ3n) is 5.34. The number of amides is 1. The van der Waals surface area contributed by atoms with Crippen molar-refractivity contribution in [2.45, 2.75) is 38.8 Å². The van der Waals surface area contributed by atoms with E-state index < -0.39 is 17.1 Å². The number of carbonyl (C=O) groups excluding carboxylic acids is 1. The summed E-state index contributed by atoms with van der Waals surface area (Å²) in [4.78, 5) is 38.1. The van der Waals surface area contributed by atoms with Gasteiger partial charge in [0, 0.05) is 11.9 Å². The molecule has 1 atom stereocenters. The molecule has 3 heterocycles. The van der Waals surface area contributed by atoms with Crippen LogP contribution in [-0.2, 0) is 16.1 Å². The van der Waals surface area contributed by atoms with Gasteiger partial charge in [0.05, 0.1) is 11.7 Å². The van der Waals surface area contributed by atoms with Crippen LogP contribution in [-0.4, -0.2) is 43.7 Å². The van der Waals surface area contributed by atoms with Crippen molar-refractivity contribution in [3.05, 3.63) is 40.4 Å². The second-order valence-electron chi connectivity index (χ2n) is 7.18. The third kappa shape index (κ3) is 2.59. The van der Waals surface area contributed by atoms with Crippen LogP contribution in [0.15, 0.2) is 33.6 Å². The van der Waals surface area contributed by atoms with E-state index in [0.29, 0.717) is 41.3 Å². The van der Waals surface area contributed by atoms with E-state index in [-0.39, 0.29) is 12.5 Å². The molecular formula is C19H19N3O5. The zero-order chi connectivity index (χ0) is 19.3. The number of carboxylic acid groups (broad SMARTS) is 1. The van der Waals surface area contributed by atoms with Crippen LogP contribution in [0.4, 0.5) is 0 Å². The summed E-state index contributed by atoms with van der Waals surface area (Å²) in [5.41, 5.74) is 0.197. The van der Waals surface area contributed by atoms with Gasteiger partial charge in [-0.15, -0.1) is 0 Å². The van der Waals surface area contributed by atoms with Crippen LogP contribution in [0.25, 0.3) is 21.9 Å². The molecule has 1 aliphatic heterocycles. The summed E-state index contributed by atoms with van der Waals surface area (Å²) in [7, 11) is 0. The summed E-state index contributed by atoms with van der Waals surface area (Å²) in [5, 5.41) is 14.7. The summed E-state index contributed by atoms with van der Waals surface area (Å²) in [6.45, 7) is 3.74. The van der Waals surface area contributed by atoms with Crippen LogP contribution in [0.3, 0.4) is 0 Å². The van der Waals surface area contributed by atoms with E-state index in [2.05, 4.69) is 5.10 Å². The Balaban J connectivity index is 1.80. The molecule has 1 fully saturated rings. The van der Waals surface area contributed by atoms with Gasteiger partial charge in [-0.1, -0.05) is 11.6 Å². The van der Waals surface area contributed by atoms with Crippen molar-refractivity contribution in [1.82, 2.24) is 14.7 Å². The Hall–Kier alpha value is -3.16. The number of carboxylic acids is 1. The van der Waals surface area contributed by atoms with Crippen LogP contribution in [0, 0.1) is 6.92 Å². The Morgan fingerprint density at radius 3 is 2.85 bits per heavy atom. The van der Waals surface area contributed by atoms with Crippen molar-refractivity contribution in [3.8, 4) is 0 Å². The average molecular weight is 369 g/mol. The first-order valence-electron chi connectivity index (χ1n) is 8.74. The maximum Gasteiger partial charge on any atom is 0.347 e. The van der Waals surface area contributed by atoms with Crippen LogP contribution in [0.1, 0.15) is 25.3 Å². The second-order valence-corrected chi connectivity index (χ2v) is 7.18. The van der Waals surface area contributed by atoms with E-state index in [0.717, 1.165) is 5.56 Å². The van der Waals surface area contributed by atoms with E-state index in [1.54, 1.807) is 13.0 Å². The van der Waals surface area contributed by atoms with Crippen molar-refractivity contribution in [2.75, 3.05) is 6.54 Å². The molecule has 4 rings (SSSR count). The van der Waals surface area contributed by atoms with E-state index >= 15 is 0 Å². The number of likely N-dealkylation sites (tertiary alicyclic amines) is 1. The predicted octanol–water partition coefficient (Wildman–Crippen LogP) is 1.92. The van der Waals surface area contributed by atoms with Crippen LogP contribution in [0.2, 0.25) is 0 Å². The van der Waals surface area contributed by atoms with Crippen LogP contribution >= 0.6 is 0 Å². The van der Waals surface area contributed by atoms with Gasteiger partial charge in [0.15, 0.2) is 0 Å². The number of hydrogen-bond donors (Lipinski definition) is 1. The molecule has 0 unspecified atom stereocenters. The van der Waals surface area contributed by atoms with Crippen LogP contribution < -0.4 is 5.63 Å². The fourth-order valence-electron chi connectivity index (χ4n) is 3.81. The standard InChI is InChI=1S/C19H19N3O5/c1-11-4-5-14-12(8-11)16-13(17(24)27-14)9-20-22(16)10-15(23)21-7-3-6-19(21,2)18(25)26/h4-5,8-9H,3,6-7,10H2,1-2H3,(H,25,26)/t19-/m0/s1.